The van der Waals surface area contributed by atoms with E-state index in [-0.39, 0.29) is 5.78 Å². The van der Waals surface area contributed by atoms with Gasteiger partial charge in [0.15, 0.2) is 5.78 Å². The highest BCUT2D eigenvalue weighted by molar-refractivity contribution is 9.10. The van der Waals surface area contributed by atoms with E-state index in [1.54, 1.807) is 25.5 Å². The molecule has 0 aliphatic heterocycles. The molecule has 2 aromatic carbocycles. The second kappa shape index (κ2) is 9.24. The molecule has 0 amide bonds. The van der Waals surface area contributed by atoms with Crippen LogP contribution in [0.1, 0.15) is 20.8 Å². The smallest absolute Gasteiger partial charge is 0.195 e. The molecule has 0 atom stereocenters. The van der Waals surface area contributed by atoms with E-state index in [9.17, 15) is 4.79 Å². The van der Waals surface area contributed by atoms with E-state index in [2.05, 4.69) is 20.9 Å². The zero-order valence-electron chi connectivity index (χ0n) is 16.2. The van der Waals surface area contributed by atoms with E-state index in [4.69, 9.17) is 9.47 Å². The fourth-order valence-electron chi connectivity index (χ4n) is 3.06. The summed E-state index contributed by atoms with van der Waals surface area (Å²) in [6, 6.07) is 17.3. The lowest BCUT2D eigenvalue weighted by Gasteiger charge is -2.12. The van der Waals surface area contributed by atoms with Crippen molar-refractivity contribution in [1.29, 1.82) is 0 Å². The van der Waals surface area contributed by atoms with Crippen LogP contribution in [-0.2, 0) is 6.61 Å². The molecule has 2 heterocycles. The molecule has 0 unspecified atom stereocenters. The number of hydrogen-bond donors (Lipinski definition) is 0. The zero-order chi connectivity index (χ0) is 20.9. The summed E-state index contributed by atoms with van der Waals surface area (Å²) in [6.45, 7) is 0.326. The third kappa shape index (κ3) is 4.61. The Hall–Kier alpha value is -2.96. The number of para-hydroxylation sites is 1. The van der Waals surface area contributed by atoms with Crippen molar-refractivity contribution in [1.82, 2.24) is 4.98 Å². The van der Waals surface area contributed by atoms with Gasteiger partial charge in [-0.25, -0.2) is 0 Å². The van der Waals surface area contributed by atoms with Crippen LogP contribution in [0.3, 0.4) is 0 Å². The second-order valence-corrected chi connectivity index (χ2v) is 8.34. The molecule has 4 rings (SSSR count). The fourth-order valence-corrected chi connectivity index (χ4v) is 4.41. The van der Waals surface area contributed by atoms with Crippen molar-refractivity contribution in [2.45, 2.75) is 6.61 Å². The average molecular weight is 480 g/mol. The molecule has 30 heavy (non-hydrogen) atoms. The lowest BCUT2D eigenvalue weighted by molar-refractivity contribution is 0.105. The van der Waals surface area contributed by atoms with Gasteiger partial charge in [0.05, 0.1) is 12.0 Å². The molecule has 0 aliphatic carbocycles. The van der Waals surface area contributed by atoms with E-state index < -0.39 is 0 Å². The number of allylic oxidation sites excluding steroid dienone is 1. The van der Waals surface area contributed by atoms with Crippen molar-refractivity contribution >= 4 is 50.0 Å². The van der Waals surface area contributed by atoms with Gasteiger partial charge >= 0.3 is 0 Å². The van der Waals surface area contributed by atoms with Gasteiger partial charge in [-0.05, 0) is 57.9 Å². The van der Waals surface area contributed by atoms with Gasteiger partial charge in [-0.3, -0.25) is 9.78 Å². The second-order valence-electron chi connectivity index (χ2n) is 6.52. The molecule has 0 saturated carbocycles. The van der Waals surface area contributed by atoms with Crippen LogP contribution in [0.4, 0.5) is 0 Å². The number of rotatable bonds is 7. The lowest BCUT2D eigenvalue weighted by atomic mass is 10.1. The van der Waals surface area contributed by atoms with Gasteiger partial charge in [-0.15, -0.1) is 11.3 Å². The highest BCUT2D eigenvalue weighted by Gasteiger charge is 2.09. The van der Waals surface area contributed by atoms with Gasteiger partial charge in [0.1, 0.15) is 23.6 Å². The SMILES string of the molecule is COc1ccc(/C=C/C(=O)c2cc(Br)cs2)cc1COc1cccc2cccnc12. The van der Waals surface area contributed by atoms with Crippen LogP contribution >= 0.6 is 27.3 Å². The number of aromatic nitrogens is 1. The normalized spacial score (nSPS) is 11.1. The zero-order valence-corrected chi connectivity index (χ0v) is 18.6. The van der Waals surface area contributed by atoms with Gasteiger partial charge in [-0.2, -0.15) is 0 Å². The van der Waals surface area contributed by atoms with Crippen LogP contribution in [0.15, 0.2) is 76.7 Å². The number of nitrogens with zero attached hydrogens (tertiary/aromatic N) is 1. The Morgan fingerprint density at radius 2 is 2.00 bits per heavy atom. The molecular weight excluding hydrogens is 462 g/mol. The number of pyridine rings is 1. The van der Waals surface area contributed by atoms with E-state index in [0.717, 1.165) is 38.0 Å². The van der Waals surface area contributed by atoms with Gasteiger partial charge in [0, 0.05) is 27.0 Å². The van der Waals surface area contributed by atoms with Gasteiger partial charge in [0.2, 0.25) is 0 Å². The molecule has 6 heteroatoms. The van der Waals surface area contributed by atoms with Crippen molar-refractivity contribution < 1.29 is 14.3 Å². The van der Waals surface area contributed by atoms with Crippen molar-refractivity contribution in [3.05, 3.63) is 92.7 Å². The molecule has 0 spiro atoms. The summed E-state index contributed by atoms with van der Waals surface area (Å²) >= 11 is 4.79. The fraction of sp³-hybridized carbons (Fsp3) is 0.0833. The van der Waals surface area contributed by atoms with Crippen LogP contribution in [0.25, 0.3) is 17.0 Å². The maximum atomic E-state index is 12.3. The summed E-state index contributed by atoms with van der Waals surface area (Å²) in [5.41, 5.74) is 2.61. The maximum absolute atomic E-state index is 12.3. The number of fused-ring (bicyclic) bond motifs is 1. The summed E-state index contributed by atoms with van der Waals surface area (Å²) in [7, 11) is 1.63. The molecule has 0 N–H and O–H groups in total. The highest BCUT2D eigenvalue weighted by Crippen LogP contribution is 2.27. The molecular formula is C24H18BrNO3S. The molecule has 4 aromatic rings. The monoisotopic (exact) mass is 479 g/mol. The largest absolute Gasteiger partial charge is 0.496 e. The first-order chi connectivity index (χ1) is 14.6. The summed E-state index contributed by atoms with van der Waals surface area (Å²) in [5.74, 6) is 1.42. The van der Waals surface area contributed by atoms with Gasteiger partial charge in [-0.1, -0.05) is 30.3 Å². The predicted molar refractivity (Wildman–Crippen MR) is 124 cm³/mol. The average Bonchev–Trinajstić information content (AvgIpc) is 3.22. The molecule has 2 aromatic heterocycles. The molecule has 0 saturated heterocycles. The number of hydrogen-bond acceptors (Lipinski definition) is 5. The number of benzene rings is 2. The number of ether oxygens (including phenoxy) is 2. The number of methoxy groups -OCH3 is 1. The van der Waals surface area contributed by atoms with Crippen LogP contribution in [0, 0.1) is 0 Å². The van der Waals surface area contributed by atoms with Crippen molar-refractivity contribution in [2.24, 2.45) is 0 Å². The van der Waals surface area contributed by atoms with Crippen LogP contribution in [-0.4, -0.2) is 17.9 Å². The van der Waals surface area contributed by atoms with E-state index in [0.29, 0.717) is 11.5 Å². The van der Waals surface area contributed by atoms with Crippen molar-refractivity contribution in [3.63, 3.8) is 0 Å². The third-order valence-electron chi connectivity index (χ3n) is 4.52. The van der Waals surface area contributed by atoms with E-state index in [1.807, 2.05) is 60.0 Å². The summed E-state index contributed by atoms with van der Waals surface area (Å²) in [4.78, 5) is 17.4. The number of ketones is 1. The lowest BCUT2D eigenvalue weighted by Crippen LogP contribution is -2.00. The molecule has 0 bridgehead atoms. The number of thiophene rings is 1. The number of carbonyl (C=O) groups is 1. The van der Waals surface area contributed by atoms with Crippen molar-refractivity contribution in [3.8, 4) is 11.5 Å². The van der Waals surface area contributed by atoms with Gasteiger partial charge < -0.3 is 9.47 Å². The quantitative estimate of drug-likeness (QED) is 0.223. The topological polar surface area (TPSA) is 48.4 Å². The Kier molecular flexibility index (Phi) is 6.26. The van der Waals surface area contributed by atoms with Crippen molar-refractivity contribution in [2.75, 3.05) is 7.11 Å². The minimum absolute atomic E-state index is 0.0267. The van der Waals surface area contributed by atoms with Crippen LogP contribution in [0.2, 0.25) is 0 Å². The summed E-state index contributed by atoms with van der Waals surface area (Å²) < 4.78 is 12.5. The Morgan fingerprint density at radius 3 is 2.80 bits per heavy atom. The maximum Gasteiger partial charge on any atom is 0.195 e. The van der Waals surface area contributed by atoms with E-state index in [1.165, 1.54) is 11.3 Å². The molecule has 0 fully saturated rings. The molecule has 0 aliphatic rings. The number of carbonyl (C=O) groups excluding carboxylic acids is 1. The molecule has 4 nitrogen and oxygen atoms in total. The van der Waals surface area contributed by atoms with E-state index >= 15 is 0 Å². The summed E-state index contributed by atoms with van der Waals surface area (Å²) in [6.07, 6.45) is 5.14. The Balaban J connectivity index is 1.54. The molecule has 0 radical (unpaired) electrons. The van der Waals surface area contributed by atoms with Crippen LogP contribution in [0.5, 0.6) is 11.5 Å². The Bertz CT molecular complexity index is 1230. The van der Waals surface area contributed by atoms with Gasteiger partial charge in [0.25, 0.3) is 0 Å². The first kappa shape index (κ1) is 20.3. The third-order valence-corrected chi connectivity index (χ3v) is 6.23. The standard InChI is InChI=1S/C24H18BrNO3S/c1-28-21-10-8-16(7-9-20(27)23-13-19(25)15-30-23)12-18(21)14-29-22-6-2-4-17-5-3-11-26-24(17)22/h2-13,15H,14H2,1H3/b9-7+. The minimum atomic E-state index is -0.0267. The number of halogens is 1. The predicted octanol–water partition coefficient (Wildman–Crippen LogP) is 6.54. The first-order valence-electron chi connectivity index (χ1n) is 9.24. The molecule has 150 valence electrons. The highest BCUT2D eigenvalue weighted by atomic mass is 79.9. The Labute approximate surface area is 186 Å². The van der Waals surface area contributed by atoms with Crippen LogP contribution < -0.4 is 9.47 Å². The minimum Gasteiger partial charge on any atom is -0.496 e. The Morgan fingerprint density at radius 1 is 1.13 bits per heavy atom. The first-order valence-corrected chi connectivity index (χ1v) is 10.9. The summed E-state index contributed by atoms with van der Waals surface area (Å²) in [5, 5.41) is 2.92.